The molecule has 7 heteroatoms. The molecule has 32 heavy (non-hydrogen) atoms. The summed E-state index contributed by atoms with van der Waals surface area (Å²) in [7, 11) is 0. The standard InChI is InChI=1S/C25H32Cl2N2O2S/c1-3-5-15-28-25(31)23(4-2)29(16-14-19-10-7-6-8-11-19)24(30)18-32-17-20-21(26)12-9-13-22(20)27/h6-13,23H,3-5,14-18H2,1-2H3,(H,28,31)/t23-/m0/s1. The number of hydrogen-bond donors (Lipinski definition) is 1. The zero-order valence-electron chi connectivity index (χ0n) is 18.8. The van der Waals surface area contributed by atoms with E-state index in [1.165, 1.54) is 11.8 Å². The fourth-order valence-electron chi connectivity index (χ4n) is 3.40. The van der Waals surface area contributed by atoms with Gasteiger partial charge in [0.05, 0.1) is 5.75 Å². The second kappa shape index (κ2) is 14.5. The van der Waals surface area contributed by atoms with Crippen LogP contribution in [-0.2, 0) is 21.8 Å². The Balaban J connectivity index is 2.07. The maximum absolute atomic E-state index is 13.2. The van der Waals surface area contributed by atoms with Crippen molar-refractivity contribution in [3.05, 3.63) is 69.7 Å². The number of carbonyl (C=O) groups excluding carboxylic acids is 2. The van der Waals surface area contributed by atoms with Crippen LogP contribution < -0.4 is 5.32 Å². The molecule has 1 atom stereocenters. The van der Waals surface area contributed by atoms with Gasteiger partial charge in [-0.2, -0.15) is 0 Å². The highest BCUT2D eigenvalue weighted by Gasteiger charge is 2.28. The molecule has 0 aliphatic rings. The molecule has 2 aromatic carbocycles. The lowest BCUT2D eigenvalue weighted by molar-refractivity contribution is -0.138. The summed E-state index contributed by atoms with van der Waals surface area (Å²) in [5.41, 5.74) is 1.97. The van der Waals surface area contributed by atoms with E-state index in [9.17, 15) is 9.59 Å². The molecule has 0 spiro atoms. The summed E-state index contributed by atoms with van der Waals surface area (Å²) < 4.78 is 0. The van der Waals surface area contributed by atoms with Crippen molar-refractivity contribution >= 4 is 46.8 Å². The van der Waals surface area contributed by atoms with Crippen molar-refractivity contribution in [2.45, 2.75) is 51.3 Å². The number of hydrogen-bond acceptors (Lipinski definition) is 3. The van der Waals surface area contributed by atoms with Gasteiger partial charge in [0.15, 0.2) is 0 Å². The third-order valence-corrected chi connectivity index (χ3v) is 6.89. The van der Waals surface area contributed by atoms with Crippen molar-refractivity contribution in [2.24, 2.45) is 0 Å². The minimum atomic E-state index is -0.479. The van der Waals surface area contributed by atoms with Gasteiger partial charge in [-0.3, -0.25) is 9.59 Å². The van der Waals surface area contributed by atoms with Crippen molar-refractivity contribution in [3.63, 3.8) is 0 Å². The minimum absolute atomic E-state index is 0.0494. The highest BCUT2D eigenvalue weighted by Crippen LogP contribution is 2.28. The van der Waals surface area contributed by atoms with Crippen LogP contribution in [0.25, 0.3) is 0 Å². The van der Waals surface area contributed by atoms with E-state index in [1.807, 2.05) is 37.3 Å². The average Bonchev–Trinajstić information content (AvgIpc) is 2.79. The molecule has 0 heterocycles. The third-order valence-electron chi connectivity index (χ3n) is 5.23. The summed E-state index contributed by atoms with van der Waals surface area (Å²) in [6, 6.07) is 14.9. The number of rotatable bonds is 13. The largest absolute Gasteiger partial charge is 0.354 e. The molecule has 4 nitrogen and oxygen atoms in total. The minimum Gasteiger partial charge on any atom is -0.354 e. The number of benzene rings is 2. The highest BCUT2D eigenvalue weighted by atomic mass is 35.5. The third kappa shape index (κ3) is 8.34. The molecule has 1 N–H and O–H groups in total. The van der Waals surface area contributed by atoms with E-state index in [1.54, 1.807) is 23.1 Å². The second-order valence-electron chi connectivity index (χ2n) is 7.58. The fraction of sp³-hybridized carbons (Fsp3) is 0.440. The molecule has 0 radical (unpaired) electrons. The number of thioether (sulfide) groups is 1. The van der Waals surface area contributed by atoms with Gasteiger partial charge in [0.25, 0.3) is 0 Å². The number of halogens is 2. The van der Waals surface area contributed by atoms with Crippen molar-refractivity contribution in [1.29, 1.82) is 0 Å². The van der Waals surface area contributed by atoms with Gasteiger partial charge in [-0.25, -0.2) is 0 Å². The van der Waals surface area contributed by atoms with Gasteiger partial charge in [-0.15, -0.1) is 11.8 Å². The molecule has 0 fully saturated rings. The summed E-state index contributed by atoms with van der Waals surface area (Å²) in [5.74, 6) is 0.666. The molecule has 174 valence electrons. The first kappa shape index (κ1) is 26.6. The zero-order chi connectivity index (χ0) is 23.3. The lowest BCUT2D eigenvalue weighted by Crippen LogP contribution is -2.50. The summed E-state index contributed by atoms with van der Waals surface area (Å²) in [5, 5.41) is 4.19. The summed E-state index contributed by atoms with van der Waals surface area (Å²) in [4.78, 5) is 27.8. The van der Waals surface area contributed by atoms with Crippen LogP contribution in [0.3, 0.4) is 0 Å². The summed E-state index contributed by atoms with van der Waals surface area (Å²) in [6.07, 6.45) is 3.20. The fourth-order valence-corrected chi connectivity index (χ4v) is 5.04. The Morgan fingerprint density at radius 1 is 1.03 bits per heavy atom. The van der Waals surface area contributed by atoms with Crippen molar-refractivity contribution in [1.82, 2.24) is 10.2 Å². The molecule has 2 aromatic rings. The molecule has 0 aliphatic heterocycles. The van der Waals surface area contributed by atoms with E-state index in [0.717, 1.165) is 24.0 Å². The average molecular weight is 496 g/mol. The number of unbranched alkanes of at least 4 members (excludes halogenated alkanes) is 1. The first-order valence-corrected chi connectivity index (χ1v) is 13.0. The van der Waals surface area contributed by atoms with Crippen LogP contribution >= 0.6 is 35.0 Å². The number of nitrogens with zero attached hydrogens (tertiary/aromatic N) is 1. The van der Waals surface area contributed by atoms with Gasteiger partial charge >= 0.3 is 0 Å². The molecule has 0 unspecified atom stereocenters. The van der Waals surface area contributed by atoms with E-state index in [-0.39, 0.29) is 17.6 Å². The summed E-state index contributed by atoms with van der Waals surface area (Å²) in [6.45, 7) is 5.16. The van der Waals surface area contributed by atoms with Crippen LogP contribution in [0.2, 0.25) is 10.0 Å². The van der Waals surface area contributed by atoms with E-state index >= 15 is 0 Å². The van der Waals surface area contributed by atoms with E-state index in [0.29, 0.717) is 41.7 Å². The SMILES string of the molecule is CCCCNC(=O)[C@H](CC)N(CCc1ccccc1)C(=O)CSCc1c(Cl)cccc1Cl. The molecule has 0 bridgehead atoms. The Bertz CT molecular complexity index is 844. The number of nitrogens with one attached hydrogen (secondary N) is 1. The van der Waals surface area contributed by atoms with Gasteiger partial charge in [-0.05, 0) is 42.5 Å². The Morgan fingerprint density at radius 2 is 1.72 bits per heavy atom. The predicted molar refractivity (Wildman–Crippen MR) is 136 cm³/mol. The Kier molecular flexibility index (Phi) is 12.0. The molecule has 0 aliphatic carbocycles. The lowest BCUT2D eigenvalue weighted by Gasteiger charge is -2.30. The normalized spacial score (nSPS) is 11.8. The van der Waals surface area contributed by atoms with Crippen LogP contribution in [0.15, 0.2) is 48.5 Å². The van der Waals surface area contributed by atoms with Gasteiger partial charge < -0.3 is 10.2 Å². The van der Waals surface area contributed by atoms with Gasteiger partial charge in [0, 0.05) is 28.9 Å². The van der Waals surface area contributed by atoms with Crippen molar-refractivity contribution < 1.29 is 9.59 Å². The van der Waals surface area contributed by atoms with Crippen LogP contribution in [-0.4, -0.2) is 41.6 Å². The Hall–Kier alpha value is -1.69. The van der Waals surface area contributed by atoms with Gasteiger partial charge in [0.2, 0.25) is 11.8 Å². The Labute approximate surface area is 206 Å². The number of carbonyl (C=O) groups is 2. The monoisotopic (exact) mass is 494 g/mol. The van der Waals surface area contributed by atoms with Gasteiger partial charge in [0.1, 0.15) is 6.04 Å². The van der Waals surface area contributed by atoms with E-state index in [4.69, 9.17) is 23.2 Å². The molecular weight excluding hydrogens is 463 g/mol. The van der Waals surface area contributed by atoms with Crippen molar-refractivity contribution in [2.75, 3.05) is 18.8 Å². The maximum Gasteiger partial charge on any atom is 0.242 e. The zero-order valence-corrected chi connectivity index (χ0v) is 21.1. The van der Waals surface area contributed by atoms with Crippen LogP contribution in [0.5, 0.6) is 0 Å². The molecule has 2 rings (SSSR count). The highest BCUT2D eigenvalue weighted by molar-refractivity contribution is 7.99. The first-order valence-electron chi connectivity index (χ1n) is 11.1. The molecule has 0 saturated heterocycles. The molecular formula is C25H32Cl2N2O2S. The van der Waals surface area contributed by atoms with Crippen LogP contribution in [0, 0.1) is 0 Å². The molecule has 0 saturated carbocycles. The Morgan fingerprint density at radius 3 is 2.34 bits per heavy atom. The van der Waals surface area contributed by atoms with Crippen LogP contribution in [0.1, 0.15) is 44.2 Å². The first-order chi connectivity index (χ1) is 15.5. The second-order valence-corrected chi connectivity index (χ2v) is 9.38. The van der Waals surface area contributed by atoms with Crippen LogP contribution in [0.4, 0.5) is 0 Å². The quantitative estimate of drug-likeness (QED) is 0.347. The predicted octanol–water partition coefficient (Wildman–Crippen LogP) is 5.99. The van der Waals surface area contributed by atoms with Crippen molar-refractivity contribution in [3.8, 4) is 0 Å². The lowest BCUT2D eigenvalue weighted by atomic mass is 10.1. The van der Waals surface area contributed by atoms with Gasteiger partial charge in [-0.1, -0.05) is 79.9 Å². The topological polar surface area (TPSA) is 49.4 Å². The summed E-state index contributed by atoms with van der Waals surface area (Å²) >= 11 is 14.0. The van der Waals surface area contributed by atoms with E-state index in [2.05, 4.69) is 12.2 Å². The maximum atomic E-state index is 13.2. The molecule has 2 amide bonds. The number of amides is 2. The van der Waals surface area contributed by atoms with E-state index < -0.39 is 6.04 Å². The molecule has 0 aromatic heterocycles. The smallest absolute Gasteiger partial charge is 0.242 e.